The number of amides is 1. The number of carbonyl (C=O) groups is 1. The molecule has 2 N–H and O–H groups in total. The highest BCUT2D eigenvalue weighted by molar-refractivity contribution is 5.79. The van der Waals surface area contributed by atoms with E-state index < -0.39 is 5.60 Å². The first-order chi connectivity index (χ1) is 8.40. The Hall–Kier alpha value is -0.610. The van der Waals surface area contributed by atoms with Gasteiger partial charge in [0.1, 0.15) is 0 Å². The van der Waals surface area contributed by atoms with Gasteiger partial charge in [0, 0.05) is 30.9 Å². The van der Waals surface area contributed by atoms with E-state index in [1.807, 2.05) is 20.8 Å². The predicted molar refractivity (Wildman–Crippen MR) is 69.1 cm³/mol. The van der Waals surface area contributed by atoms with Crippen LogP contribution < -0.4 is 5.32 Å². The third kappa shape index (κ3) is 2.16. The van der Waals surface area contributed by atoms with Gasteiger partial charge in [-0.25, -0.2) is 0 Å². The molecule has 2 aliphatic rings. The molecule has 0 aromatic carbocycles. The second-order valence-electron chi connectivity index (χ2n) is 6.25. The summed E-state index contributed by atoms with van der Waals surface area (Å²) < 4.78 is 5.60. The van der Waals surface area contributed by atoms with E-state index in [9.17, 15) is 9.90 Å². The fraction of sp³-hybridized carbons (Fsp3) is 0.929. The van der Waals surface area contributed by atoms with Crippen LogP contribution in [0.4, 0.5) is 0 Å². The average Bonchev–Trinajstić information content (AvgIpc) is 2.23. The lowest BCUT2D eigenvalue weighted by atomic mass is 9.56. The topological polar surface area (TPSA) is 58.6 Å². The molecule has 2 atom stereocenters. The quantitative estimate of drug-likeness (QED) is 0.782. The maximum Gasteiger partial charge on any atom is 0.223 e. The van der Waals surface area contributed by atoms with Gasteiger partial charge in [0.25, 0.3) is 0 Å². The number of nitrogens with one attached hydrogen (secondary N) is 1. The molecule has 0 aliphatic heterocycles. The van der Waals surface area contributed by atoms with Crippen LogP contribution in [0.1, 0.15) is 46.5 Å². The lowest BCUT2D eigenvalue weighted by molar-refractivity contribution is -0.238. The number of rotatable bonds is 5. The second-order valence-corrected chi connectivity index (χ2v) is 6.25. The molecule has 1 amide bonds. The summed E-state index contributed by atoms with van der Waals surface area (Å²) in [6, 6.07) is 0. The number of hydrogen-bond acceptors (Lipinski definition) is 3. The smallest absolute Gasteiger partial charge is 0.223 e. The molecule has 2 rings (SSSR count). The van der Waals surface area contributed by atoms with Crippen molar-refractivity contribution in [2.24, 2.45) is 11.3 Å². The monoisotopic (exact) mass is 255 g/mol. The van der Waals surface area contributed by atoms with E-state index in [0.717, 1.165) is 19.3 Å². The van der Waals surface area contributed by atoms with Gasteiger partial charge in [-0.05, 0) is 19.8 Å². The summed E-state index contributed by atoms with van der Waals surface area (Å²) in [4.78, 5) is 11.8. The molecule has 0 spiro atoms. The molecule has 18 heavy (non-hydrogen) atoms. The normalized spacial score (nSPS) is 34.6. The van der Waals surface area contributed by atoms with Gasteiger partial charge in [-0.15, -0.1) is 0 Å². The van der Waals surface area contributed by atoms with Crippen LogP contribution in [0.25, 0.3) is 0 Å². The maximum absolute atomic E-state index is 11.8. The first-order valence-electron chi connectivity index (χ1n) is 7.02. The Kier molecular flexibility index (Phi) is 3.70. The first-order valence-corrected chi connectivity index (χ1v) is 7.02. The first kappa shape index (κ1) is 13.8. The molecule has 2 saturated carbocycles. The van der Waals surface area contributed by atoms with E-state index in [2.05, 4.69) is 5.32 Å². The van der Waals surface area contributed by atoms with Gasteiger partial charge >= 0.3 is 0 Å². The van der Waals surface area contributed by atoms with E-state index in [0.29, 0.717) is 19.6 Å². The van der Waals surface area contributed by atoms with Crippen molar-refractivity contribution in [3.05, 3.63) is 0 Å². The zero-order chi connectivity index (χ0) is 13.4. The molecular weight excluding hydrogens is 230 g/mol. The molecule has 0 radical (unpaired) electrons. The minimum atomic E-state index is -0.827. The van der Waals surface area contributed by atoms with Crippen molar-refractivity contribution in [2.75, 3.05) is 13.2 Å². The van der Waals surface area contributed by atoms with Gasteiger partial charge in [0.05, 0.1) is 11.7 Å². The zero-order valence-corrected chi connectivity index (χ0v) is 11.7. The molecule has 4 heteroatoms. The Balaban J connectivity index is 1.83. The molecule has 0 bridgehead atoms. The number of aliphatic hydroxyl groups is 1. The third-order valence-corrected chi connectivity index (χ3v) is 4.93. The highest BCUT2D eigenvalue weighted by Crippen LogP contribution is 2.51. The van der Waals surface area contributed by atoms with E-state index >= 15 is 0 Å². The van der Waals surface area contributed by atoms with Crippen molar-refractivity contribution < 1.29 is 14.6 Å². The fourth-order valence-electron chi connectivity index (χ4n) is 2.81. The van der Waals surface area contributed by atoms with Crippen molar-refractivity contribution in [2.45, 2.75) is 58.2 Å². The lowest BCUT2D eigenvalue weighted by Gasteiger charge is -2.58. The molecule has 2 unspecified atom stereocenters. The van der Waals surface area contributed by atoms with Crippen LogP contribution in [-0.2, 0) is 9.53 Å². The molecule has 2 aliphatic carbocycles. The van der Waals surface area contributed by atoms with E-state index in [1.165, 1.54) is 0 Å². The van der Waals surface area contributed by atoms with Gasteiger partial charge < -0.3 is 15.2 Å². The summed E-state index contributed by atoms with van der Waals surface area (Å²) in [6.45, 7) is 6.99. The van der Waals surface area contributed by atoms with Crippen molar-refractivity contribution in [1.29, 1.82) is 0 Å². The zero-order valence-electron chi connectivity index (χ0n) is 11.7. The Morgan fingerprint density at radius 3 is 2.56 bits per heavy atom. The molecule has 2 fully saturated rings. The number of ether oxygens (including phenoxy) is 1. The minimum Gasteiger partial charge on any atom is -0.387 e. The molecule has 0 heterocycles. The van der Waals surface area contributed by atoms with Gasteiger partial charge in [-0.2, -0.15) is 0 Å². The van der Waals surface area contributed by atoms with Crippen LogP contribution in [0.2, 0.25) is 0 Å². The summed E-state index contributed by atoms with van der Waals surface area (Å²) in [5, 5.41) is 13.5. The van der Waals surface area contributed by atoms with Gasteiger partial charge in [0.15, 0.2) is 0 Å². The highest BCUT2D eigenvalue weighted by Gasteiger charge is 2.60. The molecule has 104 valence electrons. The average molecular weight is 255 g/mol. The molecular formula is C14H25NO3. The Morgan fingerprint density at radius 1 is 1.44 bits per heavy atom. The van der Waals surface area contributed by atoms with Crippen molar-refractivity contribution in [3.8, 4) is 0 Å². The van der Waals surface area contributed by atoms with Crippen molar-refractivity contribution >= 4 is 5.91 Å². The van der Waals surface area contributed by atoms with E-state index in [-0.39, 0.29) is 23.3 Å². The third-order valence-electron chi connectivity index (χ3n) is 4.93. The minimum absolute atomic E-state index is 0.0908. The summed E-state index contributed by atoms with van der Waals surface area (Å²) in [6.07, 6.45) is 3.84. The van der Waals surface area contributed by atoms with Crippen LogP contribution in [0.5, 0.6) is 0 Å². The highest BCUT2D eigenvalue weighted by atomic mass is 16.5. The summed E-state index contributed by atoms with van der Waals surface area (Å²) in [5.74, 6) is 0.282. The predicted octanol–water partition coefficient (Wildman–Crippen LogP) is 1.47. The van der Waals surface area contributed by atoms with E-state index in [4.69, 9.17) is 4.74 Å². The SMILES string of the molecule is CCOC1CC(O)(CNC(=O)C2CCC2)C1(C)C. The standard InChI is InChI=1S/C14H25NO3/c1-4-18-11-8-14(17,13(11,2)3)9-15-12(16)10-6-5-7-10/h10-11,17H,4-9H2,1-3H3,(H,15,16). The Labute approximate surface area is 109 Å². The second kappa shape index (κ2) is 4.82. The summed E-state index contributed by atoms with van der Waals surface area (Å²) >= 11 is 0. The van der Waals surface area contributed by atoms with Gasteiger partial charge in [-0.1, -0.05) is 20.3 Å². The van der Waals surface area contributed by atoms with Crippen LogP contribution >= 0.6 is 0 Å². The number of hydrogen-bond donors (Lipinski definition) is 2. The molecule has 0 aromatic rings. The molecule has 0 aromatic heterocycles. The molecule has 4 nitrogen and oxygen atoms in total. The largest absolute Gasteiger partial charge is 0.387 e. The van der Waals surface area contributed by atoms with Crippen molar-refractivity contribution in [1.82, 2.24) is 5.32 Å². The van der Waals surface area contributed by atoms with Gasteiger partial charge in [0.2, 0.25) is 5.91 Å². The molecule has 0 saturated heterocycles. The van der Waals surface area contributed by atoms with Crippen LogP contribution in [0.3, 0.4) is 0 Å². The maximum atomic E-state index is 11.8. The van der Waals surface area contributed by atoms with Crippen LogP contribution in [-0.4, -0.2) is 35.9 Å². The Bertz CT molecular complexity index is 325. The van der Waals surface area contributed by atoms with E-state index in [1.54, 1.807) is 0 Å². The summed E-state index contributed by atoms with van der Waals surface area (Å²) in [7, 11) is 0. The van der Waals surface area contributed by atoms with Gasteiger partial charge in [-0.3, -0.25) is 4.79 Å². The lowest BCUT2D eigenvalue weighted by Crippen LogP contribution is -2.69. The Morgan fingerprint density at radius 2 is 2.11 bits per heavy atom. The van der Waals surface area contributed by atoms with Crippen molar-refractivity contribution in [3.63, 3.8) is 0 Å². The van der Waals surface area contributed by atoms with Crippen LogP contribution in [0, 0.1) is 11.3 Å². The number of carbonyl (C=O) groups excluding carboxylic acids is 1. The fourth-order valence-corrected chi connectivity index (χ4v) is 2.81. The summed E-state index contributed by atoms with van der Waals surface area (Å²) in [5.41, 5.74) is -1.12. The van der Waals surface area contributed by atoms with Crippen LogP contribution in [0.15, 0.2) is 0 Å².